The van der Waals surface area contributed by atoms with E-state index in [0.29, 0.717) is 17.3 Å². The van der Waals surface area contributed by atoms with Gasteiger partial charge < -0.3 is 4.74 Å². The van der Waals surface area contributed by atoms with Crippen LogP contribution in [0.4, 0.5) is 0 Å². The average Bonchev–Trinajstić information content (AvgIpc) is 2.82. The van der Waals surface area contributed by atoms with Crippen LogP contribution in [0.2, 0.25) is 0 Å². The molecule has 0 N–H and O–H groups in total. The van der Waals surface area contributed by atoms with Crippen LogP contribution in [-0.4, -0.2) is 13.1 Å². The first kappa shape index (κ1) is 7.60. The summed E-state index contributed by atoms with van der Waals surface area (Å²) in [6.45, 7) is 0. The Kier molecular flexibility index (Phi) is 1.27. The predicted octanol–water partition coefficient (Wildman–Crippen LogP) is 1.76. The second-order valence-electron chi connectivity index (χ2n) is 4.62. The maximum absolute atomic E-state index is 11.5. The lowest BCUT2D eigenvalue weighted by Gasteiger charge is -2.16. The lowest BCUT2D eigenvalue weighted by atomic mass is 9.89. The van der Waals surface area contributed by atoms with Gasteiger partial charge in [-0.3, -0.25) is 4.79 Å². The van der Waals surface area contributed by atoms with Crippen LogP contribution >= 0.6 is 0 Å². The topological polar surface area (TPSA) is 26.3 Å². The molecule has 3 aliphatic rings. The zero-order valence-electron chi connectivity index (χ0n) is 7.82. The fourth-order valence-electron chi connectivity index (χ4n) is 3.40. The van der Waals surface area contributed by atoms with Gasteiger partial charge in [0, 0.05) is 0 Å². The molecule has 0 saturated heterocycles. The summed E-state index contributed by atoms with van der Waals surface area (Å²) in [5.41, 5.74) is 0.513. The van der Waals surface area contributed by atoms with Crippen LogP contribution in [0.1, 0.15) is 19.3 Å². The number of ether oxygens (including phenoxy) is 1. The molecule has 0 aromatic rings. The summed E-state index contributed by atoms with van der Waals surface area (Å²) in [7, 11) is 1.50. The Bertz CT molecular complexity index is 288. The number of rotatable bonds is 1. The quantitative estimate of drug-likeness (QED) is 0.452. The number of hydrogen-bond acceptors (Lipinski definition) is 2. The molecule has 3 unspecified atom stereocenters. The van der Waals surface area contributed by atoms with Gasteiger partial charge in [0.1, 0.15) is 0 Å². The van der Waals surface area contributed by atoms with E-state index in [1.165, 1.54) is 20.0 Å². The second-order valence-corrected chi connectivity index (χ2v) is 4.62. The Morgan fingerprint density at radius 3 is 2.77 bits per heavy atom. The number of methoxy groups -OCH3 is 1. The van der Waals surface area contributed by atoms with E-state index in [1.807, 2.05) is 0 Å². The van der Waals surface area contributed by atoms with Gasteiger partial charge in [-0.05, 0) is 36.5 Å². The largest absolute Gasteiger partial charge is 0.469 e. The first-order valence-electron chi connectivity index (χ1n) is 5.04. The molecule has 0 aromatic carbocycles. The molecule has 1 spiro atoms. The van der Waals surface area contributed by atoms with Gasteiger partial charge in [-0.25, -0.2) is 0 Å². The smallest absolute Gasteiger partial charge is 0.309 e. The molecule has 0 radical (unpaired) electrons. The van der Waals surface area contributed by atoms with E-state index in [-0.39, 0.29) is 11.9 Å². The first-order valence-corrected chi connectivity index (χ1v) is 5.04. The van der Waals surface area contributed by atoms with Gasteiger partial charge in [0.15, 0.2) is 0 Å². The van der Waals surface area contributed by atoms with Crippen molar-refractivity contribution >= 4 is 5.97 Å². The number of hydrogen-bond donors (Lipinski definition) is 0. The molecule has 3 atom stereocenters. The fourth-order valence-corrected chi connectivity index (χ4v) is 3.40. The predicted molar refractivity (Wildman–Crippen MR) is 47.9 cm³/mol. The van der Waals surface area contributed by atoms with Crippen molar-refractivity contribution in [1.82, 2.24) is 0 Å². The molecule has 2 heteroatoms. The SMILES string of the molecule is COC(=O)C1CC2C=CC1C21CC1. The molecule has 70 valence electrons. The zero-order chi connectivity index (χ0) is 9.05. The van der Waals surface area contributed by atoms with E-state index < -0.39 is 0 Å². The van der Waals surface area contributed by atoms with Gasteiger partial charge in [-0.15, -0.1) is 0 Å². The molecule has 2 fully saturated rings. The Morgan fingerprint density at radius 1 is 1.46 bits per heavy atom. The minimum Gasteiger partial charge on any atom is -0.469 e. The van der Waals surface area contributed by atoms with E-state index >= 15 is 0 Å². The van der Waals surface area contributed by atoms with Crippen molar-refractivity contribution in [2.24, 2.45) is 23.2 Å². The summed E-state index contributed by atoms with van der Waals surface area (Å²) in [5.74, 6) is 1.36. The van der Waals surface area contributed by atoms with Crippen LogP contribution in [0.25, 0.3) is 0 Å². The Balaban J connectivity index is 1.89. The van der Waals surface area contributed by atoms with Crippen molar-refractivity contribution in [3.05, 3.63) is 12.2 Å². The van der Waals surface area contributed by atoms with Crippen LogP contribution in [0.15, 0.2) is 12.2 Å². The minimum absolute atomic E-state index is 0.00289. The molecular formula is C11H14O2. The molecule has 2 saturated carbocycles. The molecule has 3 rings (SSSR count). The second kappa shape index (κ2) is 2.17. The number of carbonyl (C=O) groups is 1. The molecule has 0 heterocycles. The highest BCUT2D eigenvalue weighted by Gasteiger charge is 2.64. The molecule has 0 aliphatic heterocycles. The van der Waals surface area contributed by atoms with E-state index in [0.717, 1.165) is 6.42 Å². The van der Waals surface area contributed by atoms with Crippen molar-refractivity contribution in [3.63, 3.8) is 0 Å². The monoisotopic (exact) mass is 178 g/mol. The lowest BCUT2D eigenvalue weighted by molar-refractivity contribution is -0.146. The summed E-state index contributed by atoms with van der Waals surface area (Å²) in [5, 5.41) is 0. The number of esters is 1. The summed E-state index contributed by atoms with van der Waals surface area (Å²) < 4.78 is 4.84. The zero-order valence-corrected chi connectivity index (χ0v) is 7.82. The summed E-state index contributed by atoms with van der Waals surface area (Å²) in [6, 6.07) is 0. The van der Waals surface area contributed by atoms with Crippen molar-refractivity contribution in [2.45, 2.75) is 19.3 Å². The third kappa shape index (κ3) is 0.767. The van der Waals surface area contributed by atoms with Crippen molar-refractivity contribution in [3.8, 4) is 0 Å². The number of allylic oxidation sites excluding steroid dienone is 2. The van der Waals surface area contributed by atoms with E-state index in [9.17, 15) is 4.79 Å². The number of carbonyl (C=O) groups excluding carboxylic acids is 1. The molecule has 2 nitrogen and oxygen atoms in total. The Hall–Kier alpha value is -0.790. The molecule has 3 aliphatic carbocycles. The van der Waals surface area contributed by atoms with Crippen LogP contribution in [0.3, 0.4) is 0 Å². The van der Waals surface area contributed by atoms with Gasteiger partial charge in [-0.1, -0.05) is 12.2 Å². The highest BCUT2D eigenvalue weighted by atomic mass is 16.5. The molecule has 0 amide bonds. The van der Waals surface area contributed by atoms with Crippen LogP contribution in [0, 0.1) is 23.2 Å². The average molecular weight is 178 g/mol. The molecular weight excluding hydrogens is 164 g/mol. The minimum atomic E-state index is 0.00289. The van der Waals surface area contributed by atoms with Crippen molar-refractivity contribution in [2.75, 3.05) is 7.11 Å². The maximum Gasteiger partial charge on any atom is 0.309 e. The van der Waals surface area contributed by atoms with Gasteiger partial charge >= 0.3 is 5.97 Å². The van der Waals surface area contributed by atoms with Crippen molar-refractivity contribution in [1.29, 1.82) is 0 Å². The first-order chi connectivity index (χ1) is 6.28. The fraction of sp³-hybridized carbons (Fsp3) is 0.727. The normalized spacial score (nSPS) is 42.7. The third-order valence-electron chi connectivity index (χ3n) is 4.23. The standard InChI is InChI=1S/C11H14O2/c1-13-10(12)8-6-7-2-3-9(8)11(7)4-5-11/h2-3,7-9H,4-6H2,1H3. The molecule has 2 bridgehead atoms. The molecule has 13 heavy (non-hydrogen) atoms. The maximum atomic E-state index is 11.5. The van der Waals surface area contributed by atoms with Gasteiger partial charge in [0.25, 0.3) is 0 Å². The van der Waals surface area contributed by atoms with Crippen LogP contribution in [-0.2, 0) is 9.53 Å². The summed E-state index contributed by atoms with van der Waals surface area (Å²) in [4.78, 5) is 11.5. The van der Waals surface area contributed by atoms with E-state index in [1.54, 1.807) is 0 Å². The van der Waals surface area contributed by atoms with E-state index in [2.05, 4.69) is 12.2 Å². The Labute approximate surface area is 78.0 Å². The van der Waals surface area contributed by atoms with Crippen LogP contribution < -0.4 is 0 Å². The highest BCUT2D eigenvalue weighted by molar-refractivity contribution is 5.74. The molecule has 0 aromatic heterocycles. The van der Waals surface area contributed by atoms with Gasteiger partial charge in [-0.2, -0.15) is 0 Å². The van der Waals surface area contributed by atoms with Gasteiger partial charge in [0.2, 0.25) is 0 Å². The Morgan fingerprint density at radius 2 is 2.23 bits per heavy atom. The third-order valence-corrected chi connectivity index (χ3v) is 4.23. The van der Waals surface area contributed by atoms with Crippen LogP contribution in [0.5, 0.6) is 0 Å². The van der Waals surface area contributed by atoms with E-state index in [4.69, 9.17) is 4.74 Å². The van der Waals surface area contributed by atoms with Crippen molar-refractivity contribution < 1.29 is 9.53 Å². The summed E-state index contributed by atoms with van der Waals surface area (Å²) in [6.07, 6.45) is 8.25. The summed E-state index contributed by atoms with van der Waals surface area (Å²) >= 11 is 0. The van der Waals surface area contributed by atoms with Gasteiger partial charge in [0.05, 0.1) is 13.0 Å². The highest BCUT2D eigenvalue weighted by Crippen LogP contribution is 2.70. The lowest BCUT2D eigenvalue weighted by Crippen LogP contribution is -2.22.